The Morgan fingerprint density at radius 1 is 1.24 bits per heavy atom. The molecule has 0 saturated carbocycles. The average molecular weight is 270 g/mol. The molecule has 0 aliphatic heterocycles. The topological polar surface area (TPSA) is 26.0 Å². The highest BCUT2D eigenvalue weighted by atomic mass is 35.5. The van der Waals surface area contributed by atoms with Crippen LogP contribution in [0.1, 0.15) is 19.4 Å². The SMILES string of the molecule is CC(C)(c1cccc(Cl)c1F)C(N)C(F)(F)F. The fraction of sp³-hybridized carbons (Fsp3) is 0.455. The second-order valence-electron chi connectivity index (χ2n) is 4.34. The van der Waals surface area contributed by atoms with Crippen molar-refractivity contribution in [2.75, 3.05) is 0 Å². The van der Waals surface area contributed by atoms with Crippen LogP contribution in [0.25, 0.3) is 0 Å². The zero-order valence-electron chi connectivity index (χ0n) is 9.28. The van der Waals surface area contributed by atoms with Gasteiger partial charge in [-0.2, -0.15) is 13.2 Å². The Kier molecular flexibility index (Phi) is 3.74. The van der Waals surface area contributed by atoms with Crippen molar-refractivity contribution >= 4 is 11.6 Å². The summed E-state index contributed by atoms with van der Waals surface area (Å²) in [6, 6.07) is 1.76. The van der Waals surface area contributed by atoms with Gasteiger partial charge in [0.15, 0.2) is 0 Å². The highest BCUT2D eigenvalue weighted by molar-refractivity contribution is 6.30. The van der Waals surface area contributed by atoms with Gasteiger partial charge >= 0.3 is 6.18 Å². The fourth-order valence-corrected chi connectivity index (χ4v) is 1.75. The third-order valence-electron chi connectivity index (χ3n) is 2.78. The maximum Gasteiger partial charge on any atom is 0.404 e. The van der Waals surface area contributed by atoms with Crippen LogP contribution in [0.5, 0.6) is 0 Å². The lowest BCUT2D eigenvalue weighted by atomic mass is 9.77. The van der Waals surface area contributed by atoms with E-state index >= 15 is 0 Å². The van der Waals surface area contributed by atoms with E-state index in [9.17, 15) is 17.6 Å². The normalized spacial score (nSPS) is 14.8. The smallest absolute Gasteiger partial charge is 0.319 e. The van der Waals surface area contributed by atoms with E-state index in [2.05, 4.69) is 0 Å². The lowest BCUT2D eigenvalue weighted by Gasteiger charge is -2.33. The van der Waals surface area contributed by atoms with E-state index in [1.54, 1.807) is 0 Å². The lowest BCUT2D eigenvalue weighted by Crippen LogP contribution is -2.51. The van der Waals surface area contributed by atoms with Crippen molar-refractivity contribution in [1.29, 1.82) is 0 Å². The molecule has 0 spiro atoms. The van der Waals surface area contributed by atoms with Crippen LogP contribution in [0.15, 0.2) is 18.2 Å². The summed E-state index contributed by atoms with van der Waals surface area (Å²) in [5.41, 5.74) is 3.41. The van der Waals surface area contributed by atoms with Crippen molar-refractivity contribution in [2.45, 2.75) is 31.5 Å². The van der Waals surface area contributed by atoms with Crippen molar-refractivity contribution in [2.24, 2.45) is 5.73 Å². The van der Waals surface area contributed by atoms with Gasteiger partial charge in [-0.05, 0) is 11.6 Å². The predicted molar refractivity (Wildman–Crippen MR) is 58.5 cm³/mol. The van der Waals surface area contributed by atoms with Crippen LogP contribution >= 0.6 is 11.6 Å². The molecule has 6 heteroatoms. The summed E-state index contributed by atoms with van der Waals surface area (Å²) in [5, 5.41) is -0.218. The van der Waals surface area contributed by atoms with Gasteiger partial charge in [-0.3, -0.25) is 0 Å². The molecule has 17 heavy (non-hydrogen) atoms. The third-order valence-corrected chi connectivity index (χ3v) is 3.07. The van der Waals surface area contributed by atoms with E-state index in [-0.39, 0.29) is 10.6 Å². The number of rotatable bonds is 2. The molecule has 1 rings (SSSR count). The van der Waals surface area contributed by atoms with E-state index in [0.29, 0.717) is 0 Å². The van der Waals surface area contributed by atoms with E-state index in [1.807, 2.05) is 0 Å². The highest BCUT2D eigenvalue weighted by Crippen LogP contribution is 2.37. The molecule has 0 heterocycles. The molecule has 0 radical (unpaired) electrons. The Hall–Kier alpha value is -0.810. The van der Waals surface area contributed by atoms with Crippen LogP contribution in [0.4, 0.5) is 17.6 Å². The number of nitrogens with two attached hydrogens (primary N) is 1. The van der Waals surface area contributed by atoms with Gasteiger partial charge in [-0.15, -0.1) is 0 Å². The molecule has 0 aromatic heterocycles. The molecule has 1 nitrogen and oxygen atoms in total. The minimum Gasteiger partial charge on any atom is -0.319 e. The van der Waals surface area contributed by atoms with Gasteiger partial charge in [0.05, 0.1) is 5.02 Å². The Morgan fingerprint density at radius 3 is 2.24 bits per heavy atom. The molecule has 0 aliphatic rings. The zero-order valence-corrected chi connectivity index (χ0v) is 10.0. The van der Waals surface area contributed by atoms with E-state index in [1.165, 1.54) is 32.0 Å². The summed E-state index contributed by atoms with van der Waals surface area (Å²) in [4.78, 5) is 0. The summed E-state index contributed by atoms with van der Waals surface area (Å²) >= 11 is 5.54. The molecule has 0 fully saturated rings. The molecule has 0 amide bonds. The molecule has 96 valence electrons. The first kappa shape index (κ1) is 14.3. The Bertz CT molecular complexity index is 414. The van der Waals surface area contributed by atoms with Crippen LogP contribution in [-0.2, 0) is 5.41 Å². The third kappa shape index (κ3) is 2.72. The van der Waals surface area contributed by atoms with Gasteiger partial charge in [0.2, 0.25) is 0 Å². The maximum atomic E-state index is 13.7. The van der Waals surface area contributed by atoms with Gasteiger partial charge in [0.1, 0.15) is 11.9 Å². The highest BCUT2D eigenvalue weighted by Gasteiger charge is 2.48. The summed E-state index contributed by atoms with van der Waals surface area (Å²) < 4.78 is 51.4. The van der Waals surface area contributed by atoms with Crippen molar-refractivity contribution in [3.8, 4) is 0 Å². The van der Waals surface area contributed by atoms with Crippen LogP contribution < -0.4 is 5.73 Å². The van der Waals surface area contributed by atoms with Gasteiger partial charge in [0.25, 0.3) is 0 Å². The molecule has 2 N–H and O–H groups in total. The standard InChI is InChI=1S/C11H12ClF4N/c1-10(2,9(17)11(14,15)16)6-4-3-5-7(12)8(6)13/h3-5,9H,17H2,1-2H3. The van der Waals surface area contributed by atoms with Crippen LogP contribution in [0, 0.1) is 5.82 Å². The molecular weight excluding hydrogens is 258 g/mol. The lowest BCUT2D eigenvalue weighted by molar-refractivity contribution is -0.160. The number of hydrogen-bond acceptors (Lipinski definition) is 1. The molecule has 0 bridgehead atoms. The minimum absolute atomic E-state index is 0.144. The first-order valence-corrected chi connectivity index (χ1v) is 5.23. The molecule has 1 unspecified atom stereocenters. The van der Waals surface area contributed by atoms with Gasteiger partial charge in [-0.25, -0.2) is 4.39 Å². The summed E-state index contributed by atoms with van der Waals surface area (Å²) in [5.74, 6) is -0.862. The Labute approximate surface area is 102 Å². The van der Waals surface area contributed by atoms with Crippen LogP contribution in [0.2, 0.25) is 5.02 Å². The van der Waals surface area contributed by atoms with Gasteiger partial charge < -0.3 is 5.73 Å². The zero-order chi connectivity index (χ0) is 13.4. The first-order chi connectivity index (χ1) is 7.58. The van der Waals surface area contributed by atoms with Crippen molar-refractivity contribution in [3.05, 3.63) is 34.6 Å². The van der Waals surface area contributed by atoms with Crippen molar-refractivity contribution in [1.82, 2.24) is 0 Å². The van der Waals surface area contributed by atoms with Crippen molar-refractivity contribution < 1.29 is 17.6 Å². The van der Waals surface area contributed by atoms with Crippen LogP contribution in [0.3, 0.4) is 0 Å². The second-order valence-corrected chi connectivity index (χ2v) is 4.75. The van der Waals surface area contributed by atoms with Crippen LogP contribution in [-0.4, -0.2) is 12.2 Å². The largest absolute Gasteiger partial charge is 0.404 e. The van der Waals surface area contributed by atoms with E-state index in [4.69, 9.17) is 17.3 Å². The monoisotopic (exact) mass is 269 g/mol. The van der Waals surface area contributed by atoms with E-state index < -0.39 is 23.5 Å². The molecule has 1 aromatic rings. The number of benzene rings is 1. The summed E-state index contributed by atoms with van der Waals surface area (Å²) in [7, 11) is 0. The molecule has 0 saturated heterocycles. The van der Waals surface area contributed by atoms with Crippen molar-refractivity contribution in [3.63, 3.8) is 0 Å². The van der Waals surface area contributed by atoms with Gasteiger partial charge in [0, 0.05) is 5.41 Å². The quantitative estimate of drug-likeness (QED) is 0.815. The molecule has 1 aromatic carbocycles. The Morgan fingerprint density at radius 2 is 1.76 bits per heavy atom. The molecule has 0 aliphatic carbocycles. The number of halogens is 5. The minimum atomic E-state index is -4.60. The summed E-state index contributed by atoms with van der Waals surface area (Å²) in [6.45, 7) is 2.47. The average Bonchev–Trinajstić information content (AvgIpc) is 2.19. The predicted octanol–water partition coefficient (Wildman–Crippen LogP) is 3.65. The van der Waals surface area contributed by atoms with E-state index in [0.717, 1.165) is 0 Å². The Balaban J connectivity index is 3.26. The number of hydrogen-bond donors (Lipinski definition) is 1. The summed E-state index contributed by atoms with van der Waals surface area (Å²) in [6.07, 6.45) is -4.60. The second kappa shape index (κ2) is 4.46. The maximum absolute atomic E-state index is 13.7. The molecule has 1 atom stereocenters. The fourth-order valence-electron chi connectivity index (χ4n) is 1.58. The first-order valence-electron chi connectivity index (χ1n) is 4.85. The molecular formula is C11H12ClF4N. The van der Waals surface area contributed by atoms with Gasteiger partial charge in [-0.1, -0.05) is 37.6 Å². The number of alkyl halides is 3.